The molecule has 0 unspecified atom stereocenters. The van der Waals surface area contributed by atoms with Gasteiger partial charge >= 0.3 is 0 Å². The number of anilines is 1. The molecule has 2 amide bonds. The molecule has 4 aliphatic rings. The topological polar surface area (TPSA) is 76.1 Å². The van der Waals surface area contributed by atoms with Gasteiger partial charge in [-0.3, -0.25) is 14.4 Å². The number of ketones is 1. The van der Waals surface area contributed by atoms with Gasteiger partial charge in [0.2, 0.25) is 18.6 Å². The van der Waals surface area contributed by atoms with Crippen molar-refractivity contribution in [2.75, 3.05) is 11.7 Å². The molecule has 2 fully saturated rings. The summed E-state index contributed by atoms with van der Waals surface area (Å²) >= 11 is 1.35. The van der Waals surface area contributed by atoms with Gasteiger partial charge in [-0.05, 0) is 40.8 Å². The summed E-state index contributed by atoms with van der Waals surface area (Å²) in [5.41, 5.74) is 2.38. The van der Waals surface area contributed by atoms with Gasteiger partial charge in [0.25, 0.3) is 0 Å². The Hall–Kier alpha value is -3.91. The third kappa shape index (κ3) is 2.54. The number of amides is 2. The first-order valence-corrected chi connectivity index (χ1v) is 11.9. The van der Waals surface area contributed by atoms with Crippen LogP contribution in [0.3, 0.4) is 0 Å². The van der Waals surface area contributed by atoms with E-state index in [0.717, 1.165) is 11.1 Å². The van der Waals surface area contributed by atoms with Crippen LogP contribution in [0, 0.1) is 11.8 Å². The largest absolute Gasteiger partial charge is 0.454 e. The fourth-order valence-corrected chi connectivity index (χ4v) is 6.40. The molecular weight excluding hydrogens is 452 g/mol. The van der Waals surface area contributed by atoms with Crippen molar-refractivity contribution in [3.8, 4) is 11.5 Å². The molecule has 2 aromatic carbocycles. The summed E-state index contributed by atoms with van der Waals surface area (Å²) in [6.45, 7) is 0.101. The molecule has 34 heavy (non-hydrogen) atoms. The fraction of sp³-hybridized carbons (Fsp3) is 0.192. The Bertz CT molecular complexity index is 1400. The van der Waals surface area contributed by atoms with E-state index >= 15 is 0 Å². The van der Waals surface area contributed by atoms with Gasteiger partial charge < -0.3 is 14.4 Å². The van der Waals surface area contributed by atoms with Crippen molar-refractivity contribution in [2.24, 2.45) is 11.8 Å². The van der Waals surface area contributed by atoms with Crippen molar-refractivity contribution in [1.29, 1.82) is 0 Å². The van der Waals surface area contributed by atoms with Gasteiger partial charge in [-0.15, -0.1) is 11.3 Å². The molecule has 3 aromatic rings. The van der Waals surface area contributed by atoms with Gasteiger partial charge in [0.15, 0.2) is 17.3 Å². The van der Waals surface area contributed by atoms with Gasteiger partial charge in [-0.25, -0.2) is 4.90 Å². The van der Waals surface area contributed by atoms with Crippen LogP contribution in [0.1, 0.15) is 26.8 Å². The zero-order valence-corrected chi connectivity index (χ0v) is 18.6. The summed E-state index contributed by atoms with van der Waals surface area (Å²) in [4.78, 5) is 45.2. The second-order valence-electron chi connectivity index (χ2n) is 8.72. The van der Waals surface area contributed by atoms with Crippen LogP contribution in [0.2, 0.25) is 0 Å². The van der Waals surface area contributed by atoms with E-state index in [2.05, 4.69) is 0 Å². The van der Waals surface area contributed by atoms with Crippen molar-refractivity contribution >= 4 is 40.7 Å². The molecule has 7 rings (SSSR count). The molecule has 5 heterocycles. The van der Waals surface area contributed by atoms with Crippen molar-refractivity contribution in [2.45, 2.75) is 12.1 Å². The van der Waals surface area contributed by atoms with Crippen molar-refractivity contribution in [3.05, 3.63) is 82.2 Å². The molecule has 0 saturated carbocycles. The van der Waals surface area contributed by atoms with Crippen LogP contribution in [0.15, 0.2) is 66.2 Å². The Kier molecular flexibility index (Phi) is 4.05. The van der Waals surface area contributed by atoms with Crippen LogP contribution in [-0.4, -0.2) is 35.3 Å². The van der Waals surface area contributed by atoms with Crippen LogP contribution in [-0.2, 0) is 9.59 Å². The normalized spacial score (nSPS) is 26.0. The van der Waals surface area contributed by atoms with Gasteiger partial charge in [0.05, 0.1) is 28.4 Å². The second-order valence-corrected chi connectivity index (χ2v) is 9.67. The highest BCUT2D eigenvalue weighted by atomic mass is 32.1. The average Bonchev–Trinajstić information content (AvgIpc) is 3.64. The highest BCUT2D eigenvalue weighted by Gasteiger charge is 2.64. The SMILES string of the molecule is O=C(c1cccs1)[C@@H]1[C@@H]2C(=O)N(c3ccc4c(c3)OCO4)C(=O)[C@@H]2[C@H]2c3ccccc3C=CN12. The molecule has 168 valence electrons. The number of rotatable bonds is 3. The molecular formula is C26H18N2O5S. The third-order valence-corrected chi connectivity index (χ3v) is 7.99. The number of ether oxygens (including phenoxy) is 2. The third-order valence-electron chi connectivity index (χ3n) is 7.11. The van der Waals surface area contributed by atoms with E-state index in [1.807, 2.05) is 52.9 Å². The molecule has 7 nitrogen and oxygen atoms in total. The van der Waals surface area contributed by atoms with E-state index < -0.39 is 23.9 Å². The predicted octanol–water partition coefficient (Wildman–Crippen LogP) is 3.88. The van der Waals surface area contributed by atoms with E-state index in [1.165, 1.54) is 16.2 Å². The number of carbonyl (C=O) groups is 3. The van der Waals surface area contributed by atoms with E-state index in [-0.39, 0.29) is 24.4 Å². The molecule has 0 aliphatic carbocycles. The van der Waals surface area contributed by atoms with Gasteiger partial charge in [0, 0.05) is 12.3 Å². The minimum absolute atomic E-state index is 0.101. The summed E-state index contributed by atoms with van der Waals surface area (Å²) in [5.74, 6) is -1.17. The number of benzene rings is 2. The first-order valence-electron chi connectivity index (χ1n) is 11.0. The lowest BCUT2D eigenvalue weighted by Gasteiger charge is -2.35. The first-order chi connectivity index (χ1) is 16.6. The summed E-state index contributed by atoms with van der Waals surface area (Å²) in [7, 11) is 0. The quantitative estimate of drug-likeness (QED) is 0.427. The van der Waals surface area contributed by atoms with Crippen LogP contribution < -0.4 is 14.4 Å². The fourth-order valence-electron chi connectivity index (χ4n) is 5.70. The molecule has 0 radical (unpaired) electrons. The number of Topliss-reactive ketones (excluding diaryl/α,β-unsaturated/α-hetero) is 1. The first kappa shape index (κ1) is 19.5. The maximum absolute atomic E-state index is 13.9. The highest BCUT2D eigenvalue weighted by Crippen LogP contribution is 2.54. The molecule has 0 spiro atoms. The van der Waals surface area contributed by atoms with Crippen LogP contribution in [0.5, 0.6) is 11.5 Å². The Balaban J connectivity index is 1.37. The van der Waals surface area contributed by atoms with Crippen molar-refractivity contribution < 1.29 is 23.9 Å². The zero-order valence-electron chi connectivity index (χ0n) is 17.8. The Morgan fingerprint density at radius 2 is 1.76 bits per heavy atom. The number of hydrogen-bond acceptors (Lipinski definition) is 7. The summed E-state index contributed by atoms with van der Waals surface area (Å²) in [5, 5.41) is 1.85. The highest BCUT2D eigenvalue weighted by molar-refractivity contribution is 7.12. The van der Waals surface area contributed by atoms with Crippen LogP contribution >= 0.6 is 11.3 Å². The van der Waals surface area contributed by atoms with E-state index in [9.17, 15) is 14.4 Å². The molecule has 0 N–H and O–H groups in total. The Morgan fingerprint density at radius 3 is 2.62 bits per heavy atom. The smallest absolute Gasteiger partial charge is 0.240 e. The Labute approximate surface area is 198 Å². The maximum Gasteiger partial charge on any atom is 0.240 e. The van der Waals surface area contributed by atoms with Crippen molar-refractivity contribution in [3.63, 3.8) is 0 Å². The van der Waals surface area contributed by atoms with Gasteiger partial charge in [-0.2, -0.15) is 0 Å². The molecule has 1 aromatic heterocycles. The van der Waals surface area contributed by atoms with E-state index in [4.69, 9.17) is 9.47 Å². The lowest BCUT2D eigenvalue weighted by molar-refractivity contribution is -0.123. The lowest BCUT2D eigenvalue weighted by Crippen LogP contribution is -2.44. The minimum atomic E-state index is -0.784. The number of fused-ring (bicyclic) bond motifs is 6. The van der Waals surface area contributed by atoms with Gasteiger partial charge in [-0.1, -0.05) is 30.3 Å². The van der Waals surface area contributed by atoms with Crippen molar-refractivity contribution in [1.82, 2.24) is 4.90 Å². The standard InChI is InChI=1S/C26H18N2O5S/c29-24(19-6-3-11-34-19)23-21-20(22-16-5-2-1-4-14(16)9-10-27(22)23)25(30)28(26(21)31)15-7-8-17-18(12-15)33-13-32-17/h1-12,20-23H,13H2/t20-,21+,22+,23-/m0/s1. The minimum Gasteiger partial charge on any atom is -0.454 e. The number of hydrogen-bond donors (Lipinski definition) is 0. The van der Waals surface area contributed by atoms with E-state index in [1.54, 1.807) is 24.3 Å². The van der Waals surface area contributed by atoms with Crippen LogP contribution in [0.4, 0.5) is 5.69 Å². The summed E-state index contributed by atoms with van der Waals surface area (Å²) < 4.78 is 10.8. The summed E-state index contributed by atoms with van der Waals surface area (Å²) in [6, 6.07) is 15.3. The Morgan fingerprint density at radius 1 is 0.941 bits per heavy atom. The number of imide groups is 1. The molecule has 4 atom stereocenters. The van der Waals surface area contributed by atoms with E-state index in [0.29, 0.717) is 22.1 Å². The summed E-state index contributed by atoms with van der Waals surface area (Å²) in [6.07, 6.45) is 3.82. The molecule has 8 heteroatoms. The number of carbonyl (C=O) groups excluding carboxylic acids is 3. The lowest BCUT2D eigenvalue weighted by atomic mass is 9.84. The monoisotopic (exact) mass is 470 g/mol. The molecule has 0 bridgehead atoms. The average molecular weight is 471 g/mol. The number of thiophene rings is 1. The number of nitrogens with zero attached hydrogens (tertiary/aromatic N) is 2. The molecule has 2 saturated heterocycles. The molecule has 4 aliphatic heterocycles. The second kappa shape index (κ2) is 7.04. The maximum atomic E-state index is 13.9. The zero-order chi connectivity index (χ0) is 23.0. The van der Waals surface area contributed by atoms with Crippen LogP contribution in [0.25, 0.3) is 6.08 Å². The van der Waals surface area contributed by atoms with Gasteiger partial charge in [0.1, 0.15) is 6.04 Å². The predicted molar refractivity (Wildman–Crippen MR) is 125 cm³/mol.